The Balaban J connectivity index is 4.75. The van der Waals surface area contributed by atoms with Crippen molar-refractivity contribution in [2.24, 2.45) is 5.73 Å². The van der Waals surface area contributed by atoms with E-state index in [-0.39, 0.29) is 18.0 Å². The molecule has 2 amide bonds. The van der Waals surface area contributed by atoms with Gasteiger partial charge in [-0.25, -0.2) is 9.59 Å². The Bertz CT molecular complexity index is 665. The van der Waals surface area contributed by atoms with Crippen LogP contribution in [-0.4, -0.2) is 71.7 Å². The number of rotatable bonds is 17. The number of nitrogens with two attached hydrogens (primary N) is 1. The molecule has 0 aliphatic carbocycles. The van der Waals surface area contributed by atoms with Crippen LogP contribution in [0.1, 0.15) is 106 Å². The van der Waals surface area contributed by atoms with Crippen LogP contribution in [0.4, 0.5) is 9.59 Å². The molecule has 0 bridgehead atoms. The van der Waals surface area contributed by atoms with E-state index in [1.165, 1.54) is 0 Å². The zero-order valence-electron chi connectivity index (χ0n) is 24.1. The molecule has 8 nitrogen and oxygen atoms in total. The van der Waals surface area contributed by atoms with Gasteiger partial charge in [0, 0.05) is 39.0 Å². The van der Waals surface area contributed by atoms with Crippen molar-refractivity contribution in [3.63, 3.8) is 0 Å². The lowest BCUT2D eigenvalue weighted by molar-refractivity contribution is -0.119. The number of amides is 2. The Morgan fingerprint density at radius 2 is 1.14 bits per heavy atom. The van der Waals surface area contributed by atoms with E-state index in [1.54, 1.807) is 9.80 Å². The van der Waals surface area contributed by atoms with Crippen molar-refractivity contribution in [1.29, 1.82) is 0 Å². The molecule has 0 spiro atoms. The molecule has 36 heavy (non-hydrogen) atoms. The van der Waals surface area contributed by atoms with E-state index in [9.17, 15) is 14.4 Å². The molecule has 0 rings (SSSR count). The molecule has 0 saturated carbocycles. The predicted octanol–water partition coefficient (Wildman–Crippen LogP) is 6.08. The van der Waals surface area contributed by atoms with E-state index in [0.717, 1.165) is 38.5 Å². The Kier molecular flexibility index (Phi) is 17.1. The molecule has 0 heterocycles. The Morgan fingerprint density at radius 3 is 1.56 bits per heavy atom. The van der Waals surface area contributed by atoms with E-state index < -0.39 is 11.2 Å². The standard InChI is InChI=1S/C28H53N3O5/c1-8-9-10-11-17-24(32)18-12-13-20-30(25(33)35-27(2,3)4)21-14-15-22-31(23-16-19-29)26(34)36-28(5,6)7/h9-10H,8,11-23,29H2,1-7H3/b10-9-. The zero-order chi connectivity index (χ0) is 27.6. The highest BCUT2D eigenvalue weighted by Crippen LogP contribution is 2.14. The fourth-order valence-electron chi connectivity index (χ4n) is 3.41. The zero-order valence-corrected chi connectivity index (χ0v) is 24.1. The number of unbranched alkanes of at least 4 members (excludes halogenated alkanes) is 2. The van der Waals surface area contributed by atoms with Crippen LogP contribution in [0.3, 0.4) is 0 Å². The molecule has 0 fully saturated rings. The molecule has 8 heteroatoms. The third-order valence-corrected chi connectivity index (χ3v) is 5.17. The van der Waals surface area contributed by atoms with Gasteiger partial charge in [0.1, 0.15) is 17.0 Å². The van der Waals surface area contributed by atoms with Crippen LogP contribution >= 0.6 is 0 Å². The number of hydrogen-bond donors (Lipinski definition) is 1. The van der Waals surface area contributed by atoms with Gasteiger partial charge in [-0.3, -0.25) is 4.79 Å². The van der Waals surface area contributed by atoms with Crippen LogP contribution in [0.2, 0.25) is 0 Å². The number of Topliss-reactive ketones (excluding diaryl/α,β-unsaturated/α-hetero) is 1. The monoisotopic (exact) mass is 511 g/mol. The van der Waals surface area contributed by atoms with Crippen molar-refractivity contribution in [3.05, 3.63) is 12.2 Å². The van der Waals surface area contributed by atoms with E-state index in [0.29, 0.717) is 52.0 Å². The molecule has 0 aromatic carbocycles. The minimum absolute atomic E-state index is 0.263. The summed E-state index contributed by atoms with van der Waals surface area (Å²) >= 11 is 0. The van der Waals surface area contributed by atoms with Crippen molar-refractivity contribution in [3.8, 4) is 0 Å². The van der Waals surface area contributed by atoms with Crippen LogP contribution in [0.5, 0.6) is 0 Å². The largest absolute Gasteiger partial charge is 0.444 e. The van der Waals surface area contributed by atoms with Crippen LogP contribution < -0.4 is 5.73 Å². The summed E-state index contributed by atoms with van der Waals surface area (Å²) in [7, 11) is 0. The predicted molar refractivity (Wildman–Crippen MR) is 146 cm³/mol. The second-order valence-corrected chi connectivity index (χ2v) is 11.2. The summed E-state index contributed by atoms with van der Waals surface area (Å²) in [5.74, 6) is 0.263. The van der Waals surface area contributed by atoms with Gasteiger partial charge in [-0.05, 0) is 93.0 Å². The fourth-order valence-corrected chi connectivity index (χ4v) is 3.41. The average Bonchev–Trinajstić information content (AvgIpc) is 2.74. The number of carbonyl (C=O) groups excluding carboxylic acids is 3. The SMILES string of the molecule is CC/C=C\CCC(=O)CCCCN(CCCCN(CCCN)C(=O)OC(C)(C)C)C(=O)OC(C)(C)C. The van der Waals surface area contributed by atoms with Crippen LogP contribution in [0.25, 0.3) is 0 Å². The first-order valence-electron chi connectivity index (χ1n) is 13.6. The highest BCUT2D eigenvalue weighted by atomic mass is 16.6. The third-order valence-electron chi connectivity index (χ3n) is 5.17. The van der Waals surface area contributed by atoms with Crippen LogP contribution in [-0.2, 0) is 14.3 Å². The molecule has 2 N–H and O–H groups in total. The van der Waals surface area contributed by atoms with Gasteiger partial charge in [-0.15, -0.1) is 0 Å². The van der Waals surface area contributed by atoms with Gasteiger partial charge in [0.05, 0.1) is 0 Å². The Labute approximate surface area is 219 Å². The first-order valence-corrected chi connectivity index (χ1v) is 13.6. The highest BCUT2D eigenvalue weighted by molar-refractivity contribution is 5.78. The number of allylic oxidation sites excluding steroid dienone is 2. The number of ketones is 1. The third kappa shape index (κ3) is 19.1. The second-order valence-electron chi connectivity index (χ2n) is 11.2. The van der Waals surface area contributed by atoms with E-state index >= 15 is 0 Å². The topological polar surface area (TPSA) is 102 Å². The Morgan fingerprint density at radius 1 is 0.694 bits per heavy atom. The van der Waals surface area contributed by atoms with E-state index in [4.69, 9.17) is 15.2 Å². The molecule has 0 aromatic rings. The van der Waals surface area contributed by atoms with E-state index in [2.05, 4.69) is 19.1 Å². The fraction of sp³-hybridized carbons (Fsp3) is 0.821. The van der Waals surface area contributed by atoms with Crippen molar-refractivity contribution in [2.75, 3.05) is 32.7 Å². The number of carbonyl (C=O) groups is 3. The lowest BCUT2D eigenvalue weighted by Crippen LogP contribution is -2.40. The minimum Gasteiger partial charge on any atom is -0.444 e. The lowest BCUT2D eigenvalue weighted by Gasteiger charge is -2.29. The average molecular weight is 512 g/mol. The molecule has 0 unspecified atom stereocenters. The molecule has 0 aliphatic heterocycles. The minimum atomic E-state index is -0.576. The summed E-state index contributed by atoms with van der Waals surface area (Å²) in [6.07, 6.45) is 10.0. The molecule has 210 valence electrons. The van der Waals surface area contributed by atoms with Gasteiger partial charge in [-0.1, -0.05) is 19.1 Å². The van der Waals surface area contributed by atoms with Gasteiger partial charge < -0.3 is 25.0 Å². The van der Waals surface area contributed by atoms with Gasteiger partial charge >= 0.3 is 12.2 Å². The van der Waals surface area contributed by atoms with E-state index in [1.807, 2.05) is 41.5 Å². The first kappa shape index (κ1) is 33.9. The summed E-state index contributed by atoms with van der Waals surface area (Å²) in [5, 5.41) is 0. The van der Waals surface area contributed by atoms with Crippen molar-refractivity contribution in [1.82, 2.24) is 9.80 Å². The smallest absolute Gasteiger partial charge is 0.410 e. The van der Waals surface area contributed by atoms with Crippen LogP contribution in [0.15, 0.2) is 12.2 Å². The normalized spacial score (nSPS) is 12.0. The number of ether oxygens (including phenoxy) is 2. The highest BCUT2D eigenvalue weighted by Gasteiger charge is 2.23. The van der Waals surface area contributed by atoms with Gasteiger partial charge in [-0.2, -0.15) is 0 Å². The van der Waals surface area contributed by atoms with Gasteiger partial charge in [0.15, 0.2) is 0 Å². The molecule has 0 saturated heterocycles. The lowest BCUT2D eigenvalue weighted by atomic mass is 10.1. The maximum atomic E-state index is 12.8. The van der Waals surface area contributed by atoms with Crippen molar-refractivity contribution in [2.45, 2.75) is 117 Å². The van der Waals surface area contributed by atoms with Gasteiger partial charge in [0.2, 0.25) is 0 Å². The maximum absolute atomic E-state index is 12.8. The quantitative estimate of drug-likeness (QED) is 0.188. The summed E-state index contributed by atoms with van der Waals surface area (Å²) in [5.41, 5.74) is 4.50. The van der Waals surface area contributed by atoms with Crippen molar-refractivity contribution < 1.29 is 23.9 Å². The van der Waals surface area contributed by atoms with Crippen LogP contribution in [0, 0.1) is 0 Å². The number of nitrogens with zero attached hydrogens (tertiary/aromatic N) is 2. The summed E-state index contributed by atoms with van der Waals surface area (Å²) in [4.78, 5) is 40.8. The summed E-state index contributed by atoms with van der Waals surface area (Å²) in [6.45, 7) is 15.8. The van der Waals surface area contributed by atoms with Crippen molar-refractivity contribution >= 4 is 18.0 Å². The maximum Gasteiger partial charge on any atom is 0.410 e. The van der Waals surface area contributed by atoms with Gasteiger partial charge in [0.25, 0.3) is 0 Å². The molecular weight excluding hydrogens is 458 g/mol. The molecular formula is C28H53N3O5. The first-order chi connectivity index (χ1) is 16.8. The molecule has 0 radical (unpaired) electrons. The summed E-state index contributed by atoms with van der Waals surface area (Å²) in [6, 6.07) is 0. The summed E-state index contributed by atoms with van der Waals surface area (Å²) < 4.78 is 11.1. The second kappa shape index (κ2) is 18.2. The molecule has 0 aliphatic rings. The number of hydrogen-bond acceptors (Lipinski definition) is 6. The Hall–Kier alpha value is -2.09. The molecule has 0 aromatic heterocycles. The molecule has 0 atom stereocenters.